The molecule has 1 atom stereocenters. The highest BCUT2D eigenvalue weighted by molar-refractivity contribution is 6.20. The van der Waals surface area contributed by atoms with E-state index in [0.29, 0.717) is 6.42 Å². The number of halogens is 1. The summed E-state index contributed by atoms with van der Waals surface area (Å²) in [5.41, 5.74) is -0.423. The van der Waals surface area contributed by atoms with Gasteiger partial charge in [-0.25, -0.2) is 0 Å². The van der Waals surface area contributed by atoms with E-state index in [4.69, 9.17) is 16.3 Å². The molecule has 0 saturated heterocycles. The minimum absolute atomic E-state index is 0.123. The lowest BCUT2D eigenvalue weighted by molar-refractivity contribution is -0.147. The lowest BCUT2D eigenvalue weighted by Gasteiger charge is -2.06. The van der Waals surface area contributed by atoms with Gasteiger partial charge in [0.15, 0.2) is 5.56 Å². The van der Waals surface area contributed by atoms with Crippen LogP contribution in [0.4, 0.5) is 0 Å². The molecule has 0 amide bonds. The van der Waals surface area contributed by atoms with Gasteiger partial charge in [-0.15, -0.1) is 0 Å². The minimum atomic E-state index is -0.423. The summed E-state index contributed by atoms with van der Waals surface area (Å²) < 4.78 is 4.85. The normalized spacial score (nSPS) is 20.2. The van der Waals surface area contributed by atoms with Gasteiger partial charge in [-0.1, -0.05) is 18.5 Å². The van der Waals surface area contributed by atoms with Crippen LogP contribution in [0.25, 0.3) is 0 Å². The van der Waals surface area contributed by atoms with Crippen molar-refractivity contribution >= 4 is 17.6 Å². The third-order valence-electron chi connectivity index (χ3n) is 1.48. The molecule has 0 aliphatic heterocycles. The van der Waals surface area contributed by atoms with Gasteiger partial charge in [0, 0.05) is 0 Å². The summed E-state index contributed by atoms with van der Waals surface area (Å²) in [6.07, 6.45) is 2.64. The Morgan fingerprint density at radius 3 is 2.80 bits per heavy atom. The first-order chi connectivity index (χ1) is 4.74. The number of hydrogen-bond donors (Lipinski definition) is 0. The molecule has 58 valence electrons. The average molecular weight is 163 g/mol. The standard InChI is InChI=1S/C7H11ClO2/c1-2-6(8)10-7(9)5-3-4-5/h5-6H,2-4H2,1H3/t6-/m0/s1. The summed E-state index contributed by atoms with van der Waals surface area (Å²) >= 11 is 5.59. The molecule has 0 spiro atoms. The molecule has 1 aliphatic carbocycles. The first-order valence-electron chi connectivity index (χ1n) is 3.58. The first kappa shape index (κ1) is 7.86. The van der Waals surface area contributed by atoms with E-state index in [-0.39, 0.29) is 11.9 Å². The molecule has 0 N–H and O–H groups in total. The molecule has 0 bridgehead atoms. The predicted molar refractivity (Wildman–Crippen MR) is 38.7 cm³/mol. The quantitative estimate of drug-likeness (QED) is 0.468. The number of ether oxygens (including phenoxy) is 1. The van der Waals surface area contributed by atoms with Gasteiger partial charge < -0.3 is 4.74 Å². The van der Waals surface area contributed by atoms with Crippen LogP contribution < -0.4 is 0 Å². The van der Waals surface area contributed by atoms with Crippen LogP contribution in [0.2, 0.25) is 0 Å². The van der Waals surface area contributed by atoms with Crippen LogP contribution >= 0.6 is 11.6 Å². The number of esters is 1. The highest BCUT2D eigenvalue weighted by Crippen LogP contribution is 2.30. The third-order valence-corrected chi connectivity index (χ3v) is 1.87. The highest BCUT2D eigenvalue weighted by atomic mass is 35.5. The highest BCUT2D eigenvalue weighted by Gasteiger charge is 2.32. The van der Waals surface area contributed by atoms with Crippen molar-refractivity contribution in [3.63, 3.8) is 0 Å². The van der Waals surface area contributed by atoms with Crippen molar-refractivity contribution in [3.8, 4) is 0 Å². The number of alkyl halides is 1. The van der Waals surface area contributed by atoms with Gasteiger partial charge in [-0.05, 0) is 19.3 Å². The second-order valence-corrected chi connectivity index (χ2v) is 3.02. The third kappa shape index (κ3) is 2.18. The zero-order valence-electron chi connectivity index (χ0n) is 5.97. The van der Waals surface area contributed by atoms with E-state index in [0.717, 1.165) is 12.8 Å². The monoisotopic (exact) mass is 162 g/mol. The van der Waals surface area contributed by atoms with Crippen molar-refractivity contribution in [1.82, 2.24) is 0 Å². The Hall–Kier alpha value is -0.240. The summed E-state index contributed by atoms with van der Waals surface area (Å²) in [4.78, 5) is 10.9. The van der Waals surface area contributed by atoms with E-state index in [1.807, 2.05) is 6.92 Å². The van der Waals surface area contributed by atoms with Crippen LogP contribution in [0, 0.1) is 5.92 Å². The average Bonchev–Trinajstić information content (AvgIpc) is 2.68. The fraction of sp³-hybridized carbons (Fsp3) is 0.857. The maximum atomic E-state index is 10.9. The van der Waals surface area contributed by atoms with Gasteiger partial charge in [0.2, 0.25) is 0 Å². The van der Waals surface area contributed by atoms with Gasteiger partial charge >= 0.3 is 5.97 Å². The fourth-order valence-electron chi connectivity index (χ4n) is 0.625. The van der Waals surface area contributed by atoms with E-state index in [1.54, 1.807) is 0 Å². The van der Waals surface area contributed by atoms with Gasteiger partial charge in [-0.2, -0.15) is 0 Å². The number of carbonyl (C=O) groups excluding carboxylic acids is 1. The Bertz CT molecular complexity index is 132. The van der Waals surface area contributed by atoms with Crippen LogP contribution in [0.15, 0.2) is 0 Å². The second-order valence-electron chi connectivity index (χ2n) is 2.53. The zero-order valence-corrected chi connectivity index (χ0v) is 6.73. The Balaban J connectivity index is 2.16. The lowest BCUT2D eigenvalue weighted by atomic mass is 10.4. The zero-order chi connectivity index (χ0) is 7.56. The van der Waals surface area contributed by atoms with Crippen molar-refractivity contribution in [2.75, 3.05) is 0 Å². The topological polar surface area (TPSA) is 26.3 Å². The molecule has 10 heavy (non-hydrogen) atoms. The van der Waals surface area contributed by atoms with Gasteiger partial charge in [0.05, 0.1) is 5.92 Å². The number of carbonyl (C=O) groups is 1. The van der Waals surface area contributed by atoms with Gasteiger partial charge in [0.1, 0.15) is 0 Å². The Morgan fingerprint density at radius 2 is 2.40 bits per heavy atom. The van der Waals surface area contributed by atoms with E-state index >= 15 is 0 Å². The van der Waals surface area contributed by atoms with Gasteiger partial charge in [0.25, 0.3) is 0 Å². The molecule has 1 rings (SSSR count). The van der Waals surface area contributed by atoms with E-state index < -0.39 is 5.56 Å². The predicted octanol–water partition coefficient (Wildman–Crippen LogP) is 1.91. The Kier molecular flexibility index (Phi) is 2.55. The maximum Gasteiger partial charge on any atom is 0.310 e. The number of rotatable bonds is 3. The molecule has 2 nitrogen and oxygen atoms in total. The molecular formula is C7H11ClO2. The summed E-state index contributed by atoms with van der Waals surface area (Å²) in [7, 11) is 0. The molecule has 1 saturated carbocycles. The molecule has 0 aromatic carbocycles. The summed E-state index contributed by atoms with van der Waals surface area (Å²) in [5, 5.41) is 0. The van der Waals surface area contributed by atoms with Crippen molar-refractivity contribution in [2.45, 2.75) is 31.7 Å². The molecule has 0 aromatic rings. The van der Waals surface area contributed by atoms with E-state index in [9.17, 15) is 4.79 Å². The molecule has 0 radical (unpaired) electrons. The van der Waals surface area contributed by atoms with Crippen LogP contribution in [0.5, 0.6) is 0 Å². The molecular weight excluding hydrogens is 152 g/mol. The number of hydrogen-bond acceptors (Lipinski definition) is 2. The van der Waals surface area contributed by atoms with Crippen molar-refractivity contribution in [2.24, 2.45) is 5.92 Å². The van der Waals surface area contributed by atoms with E-state index in [1.165, 1.54) is 0 Å². The molecule has 3 heteroatoms. The lowest BCUT2D eigenvalue weighted by Crippen LogP contribution is -2.12. The van der Waals surface area contributed by atoms with Crippen molar-refractivity contribution < 1.29 is 9.53 Å². The Morgan fingerprint density at radius 1 is 1.80 bits per heavy atom. The maximum absolute atomic E-state index is 10.9. The van der Waals surface area contributed by atoms with Crippen molar-refractivity contribution in [3.05, 3.63) is 0 Å². The summed E-state index contributed by atoms with van der Waals surface area (Å²) in [5.74, 6) is 0.0367. The first-order valence-corrected chi connectivity index (χ1v) is 4.02. The van der Waals surface area contributed by atoms with E-state index in [2.05, 4.69) is 0 Å². The van der Waals surface area contributed by atoms with Crippen LogP contribution in [-0.4, -0.2) is 11.5 Å². The fourth-order valence-corrected chi connectivity index (χ4v) is 0.712. The van der Waals surface area contributed by atoms with Crippen molar-refractivity contribution in [1.29, 1.82) is 0 Å². The summed E-state index contributed by atoms with van der Waals surface area (Å²) in [6, 6.07) is 0. The smallest absolute Gasteiger partial charge is 0.310 e. The van der Waals surface area contributed by atoms with Gasteiger partial charge in [-0.3, -0.25) is 4.79 Å². The van der Waals surface area contributed by atoms with Crippen LogP contribution in [-0.2, 0) is 9.53 Å². The largest absolute Gasteiger partial charge is 0.446 e. The molecule has 0 unspecified atom stereocenters. The van der Waals surface area contributed by atoms with Crippen LogP contribution in [0.1, 0.15) is 26.2 Å². The minimum Gasteiger partial charge on any atom is -0.446 e. The SMILES string of the molecule is CC[C@@H](Cl)OC(=O)C1CC1. The second kappa shape index (κ2) is 3.24. The Labute approximate surface area is 65.5 Å². The molecule has 1 fully saturated rings. The molecule has 0 heterocycles. The molecule has 1 aliphatic rings. The summed E-state index contributed by atoms with van der Waals surface area (Å²) in [6.45, 7) is 1.89. The van der Waals surface area contributed by atoms with Crippen LogP contribution in [0.3, 0.4) is 0 Å². The molecule has 0 aromatic heterocycles.